The molecule has 9 nitrogen and oxygen atoms in total. The molecule has 0 aliphatic carbocycles. The van der Waals surface area contributed by atoms with Crippen LogP contribution in [0.4, 0.5) is 4.39 Å². The molecule has 3 heterocycles. The van der Waals surface area contributed by atoms with Gasteiger partial charge in [-0.2, -0.15) is 5.10 Å². The predicted octanol–water partition coefficient (Wildman–Crippen LogP) is 0.878. The maximum atomic E-state index is 13.2. The van der Waals surface area contributed by atoms with E-state index in [0.717, 1.165) is 4.68 Å². The third-order valence-corrected chi connectivity index (χ3v) is 5.19. The molecule has 2 aromatic heterocycles. The minimum Gasteiger partial charge on any atom is -0.505 e. The zero-order valence-corrected chi connectivity index (χ0v) is 16.7. The van der Waals surface area contributed by atoms with E-state index < -0.39 is 28.9 Å². The van der Waals surface area contributed by atoms with Crippen molar-refractivity contribution in [2.45, 2.75) is 13.1 Å². The lowest BCUT2D eigenvalue weighted by Gasteiger charge is -2.25. The van der Waals surface area contributed by atoms with Gasteiger partial charge < -0.3 is 19.5 Å². The highest BCUT2D eigenvalue weighted by atomic mass is 19.1. The third kappa shape index (κ3) is 2.92. The number of hydrogen-bond acceptors (Lipinski definition) is 5. The van der Waals surface area contributed by atoms with Gasteiger partial charge in [-0.25, -0.2) is 9.07 Å². The largest absolute Gasteiger partial charge is 0.505 e. The molecule has 0 unspecified atom stereocenters. The molecule has 0 atom stereocenters. The number of amides is 2. The molecule has 4 rings (SSSR count). The minimum atomic E-state index is -0.639. The Labute approximate surface area is 170 Å². The summed E-state index contributed by atoms with van der Waals surface area (Å²) in [4.78, 5) is 41.4. The van der Waals surface area contributed by atoms with Gasteiger partial charge in [0.05, 0.1) is 12.1 Å². The fraction of sp³-hybridized carbons (Fsp3) is 0.300. The summed E-state index contributed by atoms with van der Waals surface area (Å²) < 4.78 is 15.8. The van der Waals surface area contributed by atoms with Crippen molar-refractivity contribution < 1.29 is 19.1 Å². The molecule has 1 aliphatic rings. The molecule has 1 aliphatic heterocycles. The third-order valence-electron chi connectivity index (χ3n) is 5.19. The molecule has 1 aromatic carbocycles. The number of fused-ring (bicyclic) bond motifs is 3. The van der Waals surface area contributed by atoms with Crippen LogP contribution in [0.15, 0.2) is 29.1 Å². The Hall–Kier alpha value is -3.69. The molecular weight excluding hydrogens is 393 g/mol. The normalized spacial score (nSPS) is 13.6. The zero-order valence-electron chi connectivity index (χ0n) is 16.7. The van der Waals surface area contributed by atoms with Crippen LogP contribution in [-0.4, -0.2) is 68.8 Å². The van der Waals surface area contributed by atoms with E-state index in [1.165, 1.54) is 38.6 Å². The Balaban J connectivity index is 2.02. The summed E-state index contributed by atoms with van der Waals surface area (Å²) in [7, 11) is 4.69. The summed E-state index contributed by atoms with van der Waals surface area (Å²) in [5.41, 5.74) is 0.0102. The summed E-state index contributed by atoms with van der Waals surface area (Å²) in [5.74, 6) is -1.80. The number of likely N-dealkylation sites (N-methyl/N-ethyl adjacent to an activating group) is 1. The van der Waals surface area contributed by atoms with Crippen molar-refractivity contribution in [2.24, 2.45) is 0 Å². The monoisotopic (exact) mass is 413 g/mol. The fourth-order valence-corrected chi connectivity index (χ4v) is 3.59. The Kier molecular flexibility index (Phi) is 4.56. The summed E-state index contributed by atoms with van der Waals surface area (Å²) in [6.45, 7) is 0.644. The molecule has 10 heteroatoms. The molecule has 0 saturated carbocycles. The summed E-state index contributed by atoms with van der Waals surface area (Å²) in [5, 5.41) is 14.9. The average Bonchev–Trinajstić information content (AvgIpc) is 3.01. The van der Waals surface area contributed by atoms with Gasteiger partial charge in [0.2, 0.25) is 0 Å². The summed E-state index contributed by atoms with van der Waals surface area (Å²) >= 11 is 0. The predicted molar refractivity (Wildman–Crippen MR) is 106 cm³/mol. The Morgan fingerprint density at radius 3 is 2.50 bits per heavy atom. The van der Waals surface area contributed by atoms with E-state index in [9.17, 15) is 23.9 Å². The van der Waals surface area contributed by atoms with Crippen molar-refractivity contribution in [3.8, 4) is 5.75 Å². The van der Waals surface area contributed by atoms with Crippen molar-refractivity contribution in [2.75, 3.05) is 27.7 Å². The first-order valence-corrected chi connectivity index (χ1v) is 9.28. The van der Waals surface area contributed by atoms with Crippen LogP contribution in [0.25, 0.3) is 10.9 Å². The Bertz CT molecular complexity index is 1240. The van der Waals surface area contributed by atoms with Crippen LogP contribution >= 0.6 is 0 Å². The van der Waals surface area contributed by atoms with Gasteiger partial charge in [-0.1, -0.05) is 12.1 Å². The molecule has 0 fully saturated rings. The smallest absolute Gasteiger partial charge is 0.280 e. The van der Waals surface area contributed by atoms with Gasteiger partial charge in [-0.15, -0.1) is 0 Å². The van der Waals surface area contributed by atoms with E-state index >= 15 is 0 Å². The number of halogens is 1. The second-order valence-corrected chi connectivity index (χ2v) is 7.44. The topological polar surface area (TPSA) is 101 Å². The highest BCUT2D eigenvalue weighted by Crippen LogP contribution is 2.34. The van der Waals surface area contributed by atoms with Crippen molar-refractivity contribution in [3.63, 3.8) is 0 Å². The highest BCUT2D eigenvalue weighted by Gasteiger charge is 2.34. The number of hydrogen-bond donors (Lipinski definition) is 1. The van der Waals surface area contributed by atoms with Gasteiger partial charge >= 0.3 is 0 Å². The van der Waals surface area contributed by atoms with Gasteiger partial charge in [0.1, 0.15) is 11.2 Å². The van der Waals surface area contributed by atoms with Crippen molar-refractivity contribution in [1.82, 2.24) is 24.1 Å². The molecule has 0 radical (unpaired) electrons. The standard InChI is InChI=1S/C20H20FN5O4/c1-23(2)19(29)14-15-13(17(27)16-20(30)24(3)8-9-25(15)16)18(28)26(22-14)10-11-4-6-12(21)7-5-11/h4-7,27H,8-10H2,1-3H3. The van der Waals surface area contributed by atoms with Gasteiger partial charge in [0.25, 0.3) is 17.4 Å². The number of rotatable bonds is 3. The van der Waals surface area contributed by atoms with Crippen LogP contribution in [0.1, 0.15) is 26.5 Å². The maximum Gasteiger partial charge on any atom is 0.280 e. The molecule has 1 N–H and O–H groups in total. The minimum absolute atomic E-state index is 0.0312. The lowest BCUT2D eigenvalue weighted by molar-refractivity contribution is 0.0744. The number of nitrogens with zero attached hydrogens (tertiary/aromatic N) is 5. The van der Waals surface area contributed by atoms with E-state index in [1.807, 2.05) is 0 Å². The molecule has 30 heavy (non-hydrogen) atoms. The first-order chi connectivity index (χ1) is 14.2. The molecule has 0 bridgehead atoms. The number of aromatic hydroxyl groups is 1. The number of carbonyl (C=O) groups is 2. The van der Waals surface area contributed by atoms with Gasteiger partial charge in [0, 0.05) is 34.2 Å². The Morgan fingerprint density at radius 2 is 1.87 bits per heavy atom. The molecule has 0 saturated heterocycles. The van der Waals surface area contributed by atoms with E-state index in [0.29, 0.717) is 18.7 Å². The molecule has 0 spiro atoms. The van der Waals surface area contributed by atoms with E-state index in [1.54, 1.807) is 21.1 Å². The second-order valence-electron chi connectivity index (χ2n) is 7.44. The molecular formula is C20H20FN5O4. The SMILES string of the molecule is CN(C)C(=O)c1nn(Cc2ccc(F)cc2)c(=O)c2c(O)c3n(c12)CCN(C)C3=O. The lowest BCUT2D eigenvalue weighted by atomic mass is 10.2. The van der Waals surface area contributed by atoms with Crippen molar-refractivity contribution in [1.29, 1.82) is 0 Å². The van der Waals surface area contributed by atoms with E-state index in [4.69, 9.17) is 0 Å². The van der Waals surface area contributed by atoms with Crippen LogP contribution in [0.3, 0.4) is 0 Å². The van der Waals surface area contributed by atoms with Crippen LogP contribution in [0, 0.1) is 5.82 Å². The van der Waals surface area contributed by atoms with Crippen LogP contribution in [0.2, 0.25) is 0 Å². The molecule has 156 valence electrons. The van der Waals surface area contributed by atoms with Crippen LogP contribution < -0.4 is 5.56 Å². The average molecular weight is 413 g/mol. The number of carbonyl (C=O) groups excluding carboxylic acids is 2. The number of benzene rings is 1. The summed E-state index contributed by atoms with van der Waals surface area (Å²) in [6.07, 6.45) is 0. The lowest BCUT2D eigenvalue weighted by Crippen LogP contribution is -2.37. The maximum absolute atomic E-state index is 13.2. The quantitative estimate of drug-likeness (QED) is 0.687. The van der Waals surface area contributed by atoms with Crippen LogP contribution in [-0.2, 0) is 13.1 Å². The Morgan fingerprint density at radius 1 is 1.20 bits per heavy atom. The fourth-order valence-electron chi connectivity index (χ4n) is 3.59. The highest BCUT2D eigenvalue weighted by molar-refractivity contribution is 6.10. The summed E-state index contributed by atoms with van der Waals surface area (Å²) in [6, 6.07) is 5.52. The first-order valence-electron chi connectivity index (χ1n) is 9.28. The van der Waals surface area contributed by atoms with Crippen LogP contribution in [0.5, 0.6) is 5.75 Å². The second kappa shape index (κ2) is 6.97. The van der Waals surface area contributed by atoms with Crippen molar-refractivity contribution in [3.05, 3.63) is 57.4 Å². The number of aromatic nitrogens is 3. The van der Waals surface area contributed by atoms with Gasteiger partial charge in [0.15, 0.2) is 17.1 Å². The van der Waals surface area contributed by atoms with E-state index in [2.05, 4.69) is 5.10 Å². The van der Waals surface area contributed by atoms with Gasteiger partial charge in [-0.3, -0.25) is 14.4 Å². The molecule has 3 aromatic rings. The van der Waals surface area contributed by atoms with E-state index in [-0.39, 0.29) is 28.8 Å². The zero-order chi connectivity index (χ0) is 21.7. The first kappa shape index (κ1) is 19.6. The molecule has 2 amide bonds. The van der Waals surface area contributed by atoms with Gasteiger partial charge in [-0.05, 0) is 17.7 Å². The van der Waals surface area contributed by atoms with Crippen molar-refractivity contribution >= 4 is 22.7 Å².